The maximum atomic E-state index is 12.5. The lowest BCUT2D eigenvalue weighted by Crippen LogP contribution is -2.43. The van der Waals surface area contributed by atoms with Gasteiger partial charge in [-0.25, -0.2) is 4.79 Å². The van der Waals surface area contributed by atoms with Gasteiger partial charge in [0.05, 0.1) is 13.2 Å². The van der Waals surface area contributed by atoms with E-state index in [1.807, 2.05) is 16.2 Å². The Hall–Kier alpha value is -1.65. The number of hydrogen-bond acceptors (Lipinski definition) is 5. The SMILES string of the molecule is O=C(CC1CCC2(CC1)CCN(Cc1cccs1)CC2)N1CCOCC1.O=C(O)C(F)(F)F. The minimum Gasteiger partial charge on any atom is -0.475 e. The van der Waals surface area contributed by atoms with E-state index in [0.29, 0.717) is 30.5 Å². The highest BCUT2D eigenvalue weighted by molar-refractivity contribution is 7.09. The van der Waals surface area contributed by atoms with Crippen molar-refractivity contribution in [2.45, 2.75) is 57.7 Å². The molecule has 1 amide bonds. The zero-order valence-electron chi connectivity index (χ0n) is 18.8. The highest BCUT2D eigenvalue weighted by atomic mass is 32.1. The van der Waals surface area contributed by atoms with Gasteiger partial charge in [0.25, 0.3) is 0 Å². The summed E-state index contributed by atoms with van der Waals surface area (Å²) in [5.41, 5.74) is 0.574. The molecule has 0 atom stereocenters. The summed E-state index contributed by atoms with van der Waals surface area (Å²) in [6.45, 7) is 6.61. The molecule has 2 aliphatic heterocycles. The second-order valence-corrected chi connectivity index (χ2v) is 10.3. The van der Waals surface area contributed by atoms with Crippen LogP contribution in [0.1, 0.15) is 49.8 Å². The molecule has 4 rings (SSSR count). The summed E-state index contributed by atoms with van der Waals surface area (Å²) in [5, 5.41) is 9.31. The lowest BCUT2D eigenvalue weighted by molar-refractivity contribution is -0.192. The van der Waals surface area contributed by atoms with Crippen LogP contribution in [0.4, 0.5) is 13.2 Å². The van der Waals surface area contributed by atoms with Gasteiger partial charge in [-0.15, -0.1) is 11.3 Å². The quantitative estimate of drug-likeness (QED) is 0.678. The average molecular weight is 491 g/mol. The Morgan fingerprint density at radius 1 is 1.09 bits per heavy atom. The van der Waals surface area contributed by atoms with Gasteiger partial charge >= 0.3 is 12.1 Å². The van der Waals surface area contributed by atoms with Gasteiger partial charge < -0.3 is 14.7 Å². The molecule has 2 saturated heterocycles. The Morgan fingerprint density at radius 2 is 1.70 bits per heavy atom. The second kappa shape index (κ2) is 11.7. The monoisotopic (exact) mass is 490 g/mol. The van der Waals surface area contributed by atoms with E-state index >= 15 is 0 Å². The van der Waals surface area contributed by atoms with Crippen LogP contribution < -0.4 is 0 Å². The third kappa shape index (κ3) is 7.96. The highest BCUT2D eigenvalue weighted by Crippen LogP contribution is 2.47. The van der Waals surface area contributed by atoms with E-state index in [1.54, 1.807) is 0 Å². The Bertz CT molecular complexity index is 748. The van der Waals surface area contributed by atoms with Crippen molar-refractivity contribution in [3.05, 3.63) is 22.4 Å². The summed E-state index contributed by atoms with van der Waals surface area (Å²) in [5.74, 6) is -1.78. The first-order chi connectivity index (χ1) is 15.7. The molecule has 1 aliphatic carbocycles. The number of hydrogen-bond donors (Lipinski definition) is 1. The van der Waals surface area contributed by atoms with Crippen molar-refractivity contribution in [1.82, 2.24) is 9.80 Å². The van der Waals surface area contributed by atoms with E-state index in [1.165, 1.54) is 56.5 Å². The van der Waals surface area contributed by atoms with Gasteiger partial charge in [0, 0.05) is 30.9 Å². The molecule has 1 spiro atoms. The molecule has 0 bridgehead atoms. The van der Waals surface area contributed by atoms with Crippen LogP contribution in [0, 0.1) is 11.3 Å². The molecule has 1 saturated carbocycles. The molecule has 0 aromatic carbocycles. The van der Waals surface area contributed by atoms with Gasteiger partial charge in [0.1, 0.15) is 0 Å². The predicted molar refractivity (Wildman–Crippen MR) is 119 cm³/mol. The fraction of sp³-hybridized carbons (Fsp3) is 0.739. The standard InChI is InChI=1S/C21H32N2O2S.C2HF3O2/c24-20(23-11-13-25-14-12-23)16-18-3-5-21(6-4-18)7-9-22(10-8-21)17-19-2-1-15-26-19;3-2(4,5)1(6)7/h1-2,15,18H,3-14,16-17H2;(H,6,7). The third-order valence-electron chi connectivity index (χ3n) is 7.11. The van der Waals surface area contributed by atoms with Crippen LogP contribution in [-0.2, 0) is 20.9 Å². The number of rotatable bonds is 4. The lowest BCUT2D eigenvalue weighted by atomic mass is 9.65. The topological polar surface area (TPSA) is 70.1 Å². The van der Waals surface area contributed by atoms with Crippen LogP contribution in [-0.4, -0.2) is 72.4 Å². The molecule has 186 valence electrons. The normalized spacial score (nSPS) is 22.0. The van der Waals surface area contributed by atoms with Crippen LogP contribution in [0.25, 0.3) is 0 Å². The number of carboxylic acid groups (broad SMARTS) is 1. The number of carboxylic acids is 1. The number of nitrogens with zero attached hydrogens (tertiary/aromatic N) is 2. The number of ether oxygens (including phenoxy) is 1. The van der Waals surface area contributed by atoms with Gasteiger partial charge in [-0.1, -0.05) is 6.07 Å². The summed E-state index contributed by atoms with van der Waals surface area (Å²) >= 11 is 1.88. The zero-order chi connectivity index (χ0) is 23.9. The number of likely N-dealkylation sites (tertiary alicyclic amines) is 1. The summed E-state index contributed by atoms with van der Waals surface area (Å²) < 4.78 is 37.1. The summed E-state index contributed by atoms with van der Waals surface area (Å²) in [7, 11) is 0. The number of alkyl halides is 3. The Labute approximate surface area is 196 Å². The van der Waals surface area contributed by atoms with Crippen LogP contribution in [0.2, 0.25) is 0 Å². The van der Waals surface area contributed by atoms with Crippen molar-refractivity contribution in [2.24, 2.45) is 11.3 Å². The second-order valence-electron chi connectivity index (χ2n) is 9.30. The average Bonchev–Trinajstić information content (AvgIpc) is 3.31. The van der Waals surface area contributed by atoms with Gasteiger partial charge in [-0.3, -0.25) is 9.69 Å². The summed E-state index contributed by atoms with van der Waals surface area (Å²) in [6, 6.07) is 4.41. The van der Waals surface area contributed by atoms with Crippen molar-refractivity contribution in [2.75, 3.05) is 39.4 Å². The van der Waals surface area contributed by atoms with Crippen molar-refractivity contribution in [3.63, 3.8) is 0 Å². The molecule has 1 aromatic rings. The molecule has 1 aromatic heterocycles. The first-order valence-electron chi connectivity index (χ1n) is 11.6. The van der Waals surface area contributed by atoms with E-state index < -0.39 is 12.1 Å². The number of morpholine rings is 1. The first kappa shape index (κ1) is 26.0. The van der Waals surface area contributed by atoms with E-state index in [-0.39, 0.29) is 0 Å². The Kier molecular flexibility index (Phi) is 9.17. The summed E-state index contributed by atoms with van der Waals surface area (Å²) in [4.78, 5) is 27.5. The minimum absolute atomic E-state index is 0.361. The molecular formula is C23H33F3N2O4S. The largest absolute Gasteiger partial charge is 0.490 e. The van der Waals surface area contributed by atoms with E-state index in [0.717, 1.165) is 26.1 Å². The van der Waals surface area contributed by atoms with E-state index in [2.05, 4.69) is 22.4 Å². The van der Waals surface area contributed by atoms with Crippen LogP contribution >= 0.6 is 11.3 Å². The Balaban J connectivity index is 0.000000383. The number of aliphatic carboxylic acids is 1. The number of carbonyl (C=O) groups is 2. The van der Waals surface area contributed by atoms with Crippen LogP contribution in [0.5, 0.6) is 0 Å². The minimum atomic E-state index is -5.08. The molecule has 0 unspecified atom stereocenters. The van der Waals surface area contributed by atoms with Crippen LogP contribution in [0.15, 0.2) is 17.5 Å². The van der Waals surface area contributed by atoms with Crippen molar-refractivity contribution in [3.8, 4) is 0 Å². The van der Waals surface area contributed by atoms with Crippen molar-refractivity contribution in [1.29, 1.82) is 0 Å². The fourth-order valence-electron chi connectivity index (χ4n) is 4.99. The molecule has 10 heteroatoms. The van der Waals surface area contributed by atoms with Gasteiger partial charge in [-0.2, -0.15) is 13.2 Å². The van der Waals surface area contributed by atoms with E-state index in [9.17, 15) is 18.0 Å². The maximum absolute atomic E-state index is 12.5. The number of halogens is 3. The van der Waals surface area contributed by atoms with Gasteiger partial charge in [0.2, 0.25) is 5.91 Å². The molecule has 3 heterocycles. The van der Waals surface area contributed by atoms with Crippen molar-refractivity contribution < 1.29 is 32.6 Å². The molecule has 3 fully saturated rings. The van der Waals surface area contributed by atoms with Crippen LogP contribution in [0.3, 0.4) is 0 Å². The number of piperidine rings is 1. The molecule has 3 aliphatic rings. The number of carbonyl (C=O) groups excluding carboxylic acids is 1. The first-order valence-corrected chi connectivity index (χ1v) is 12.5. The molecule has 6 nitrogen and oxygen atoms in total. The Morgan fingerprint density at radius 3 is 2.21 bits per heavy atom. The number of thiophene rings is 1. The number of amides is 1. The van der Waals surface area contributed by atoms with Gasteiger partial charge in [-0.05, 0) is 74.4 Å². The molecule has 1 N–H and O–H groups in total. The third-order valence-corrected chi connectivity index (χ3v) is 7.97. The maximum Gasteiger partial charge on any atom is 0.490 e. The van der Waals surface area contributed by atoms with Gasteiger partial charge in [0.15, 0.2) is 0 Å². The fourth-order valence-corrected chi connectivity index (χ4v) is 5.74. The lowest BCUT2D eigenvalue weighted by Gasteiger charge is -2.46. The smallest absolute Gasteiger partial charge is 0.475 e. The highest BCUT2D eigenvalue weighted by Gasteiger charge is 2.39. The molecule has 33 heavy (non-hydrogen) atoms. The summed E-state index contributed by atoms with van der Waals surface area (Å²) in [6.07, 6.45) is 3.55. The predicted octanol–water partition coefficient (Wildman–Crippen LogP) is 4.40. The van der Waals surface area contributed by atoms with Crippen molar-refractivity contribution >= 4 is 23.2 Å². The molecule has 0 radical (unpaired) electrons. The van der Waals surface area contributed by atoms with E-state index in [4.69, 9.17) is 14.6 Å². The zero-order valence-corrected chi connectivity index (χ0v) is 19.6. The molecular weight excluding hydrogens is 457 g/mol.